The molecule has 0 bridgehead atoms. The SMILES string of the molecule is Cc1nc(Cl)c2nnc(-c3cccc(F)c3F)n2c1C. The highest BCUT2D eigenvalue weighted by Gasteiger charge is 2.19. The van der Waals surface area contributed by atoms with Crippen molar-refractivity contribution in [1.82, 2.24) is 19.6 Å². The average Bonchev–Trinajstić information content (AvgIpc) is 2.84. The summed E-state index contributed by atoms with van der Waals surface area (Å²) < 4.78 is 28.9. The standard InChI is InChI=1S/C13H9ClF2N4/c1-6-7(2)20-12(18-19-13(20)11(14)17-6)8-4-3-5-9(15)10(8)16/h3-5H,1-2H3. The number of aromatic nitrogens is 4. The quantitative estimate of drug-likeness (QED) is 0.691. The van der Waals surface area contributed by atoms with Gasteiger partial charge in [0.2, 0.25) is 0 Å². The smallest absolute Gasteiger partial charge is 0.199 e. The Bertz CT molecular complexity index is 829. The Hall–Kier alpha value is -2.08. The lowest BCUT2D eigenvalue weighted by molar-refractivity contribution is 0.510. The summed E-state index contributed by atoms with van der Waals surface area (Å²) >= 11 is 6.00. The van der Waals surface area contributed by atoms with Crippen molar-refractivity contribution >= 4 is 17.2 Å². The fraction of sp³-hybridized carbons (Fsp3) is 0.154. The Balaban J connectivity index is 2.41. The molecule has 0 atom stereocenters. The van der Waals surface area contributed by atoms with Gasteiger partial charge in [0, 0.05) is 5.69 Å². The highest BCUT2D eigenvalue weighted by atomic mass is 35.5. The van der Waals surface area contributed by atoms with Crippen molar-refractivity contribution in [2.75, 3.05) is 0 Å². The van der Waals surface area contributed by atoms with Gasteiger partial charge in [-0.05, 0) is 26.0 Å². The number of rotatable bonds is 1. The topological polar surface area (TPSA) is 43.1 Å². The molecule has 7 heteroatoms. The van der Waals surface area contributed by atoms with E-state index < -0.39 is 11.6 Å². The molecule has 102 valence electrons. The van der Waals surface area contributed by atoms with Crippen LogP contribution in [0.1, 0.15) is 11.4 Å². The summed E-state index contributed by atoms with van der Waals surface area (Å²) in [4.78, 5) is 4.12. The van der Waals surface area contributed by atoms with Gasteiger partial charge >= 0.3 is 0 Å². The molecule has 0 aliphatic heterocycles. The van der Waals surface area contributed by atoms with Gasteiger partial charge in [0.25, 0.3) is 0 Å². The zero-order chi connectivity index (χ0) is 14.4. The molecule has 3 aromatic rings. The number of fused-ring (bicyclic) bond motifs is 1. The third-order valence-electron chi connectivity index (χ3n) is 3.16. The van der Waals surface area contributed by atoms with E-state index in [9.17, 15) is 8.78 Å². The van der Waals surface area contributed by atoms with E-state index in [4.69, 9.17) is 11.6 Å². The highest BCUT2D eigenvalue weighted by Crippen LogP contribution is 2.27. The summed E-state index contributed by atoms with van der Waals surface area (Å²) in [5.41, 5.74) is 1.73. The third-order valence-corrected chi connectivity index (χ3v) is 3.42. The number of halogens is 3. The van der Waals surface area contributed by atoms with E-state index in [0.717, 1.165) is 6.07 Å². The van der Waals surface area contributed by atoms with E-state index in [1.54, 1.807) is 18.2 Å². The van der Waals surface area contributed by atoms with Crippen molar-refractivity contribution in [2.45, 2.75) is 13.8 Å². The van der Waals surface area contributed by atoms with Gasteiger partial charge in [-0.2, -0.15) is 0 Å². The van der Waals surface area contributed by atoms with Gasteiger partial charge in [-0.3, -0.25) is 4.40 Å². The second-order valence-electron chi connectivity index (χ2n) is 4.36. The van der Waals surface area contributed by atoms with Crippen molar-refractivity contribution in [3.05, 3.63) is 46.4 Å². The number of nitrogens with zero attached hydrogens (tertiary/aromatic N) is 4. The van der Waals surface area contributed by atoms with Crippen LogP contribution in [-0.4, -0.2) is 19.6 Å². The Labute approximate surface area is 118 Å². The number of benzene rings is 1. The summed E-state index contributed by atoms with van der Waals surface area (Å²) in [6, 6.07) is 3.91. The minimum absolute atomic E-state index is 0.0299. The fourth-order valence-electron chi connectivity index (χ4n) is 2.03. The van der Waals surface area contributed by atoms with Gasteiger partial charge in [0.1, 0.15) is 0 Å². The molecule has 0 saturated heterocycles. The van der Waals surface area contributed by atoms with Gasteiger partial charge in [0.15, 0.2) is 28.3 Å². The average molecular weight is 295 g/mol. The lowest BCUT2D eigenvalue weighted by Gasteiger charge is -2.08. The van der Waals surface area contributed by atoms with Crippen molar-refractivity contribution in [2.24, 2.45) is 0 Å². The molecular formula is C13H9ClF2N4. The largest absolute Gasteiger partial charge is 0.275 e. The summed E-state index contributed by atoms with van der Waals surface area (Å²) in [6.45, 7) is 3.56. The fourth-order valence-corrected chi connectivity index (χ4v) is 2.28. The van der Waals surface area contributed by atoms with Crippen LogP contribution in [0.15, 0.2) is 18.2 Å². The maximum atomic E-state index is 13.9. The predicted molar refractivity (Wildman–Crippen MR) is 70.6 cm³/mol. The van der Waals surface area contributed by atoms with Crippen LogP contribution in [-0.2, 0) is 0 Å². The first kappa shape index (κ1) is 12.9. The van der Waals surface area contributed by atoms with Crippen molar-refractivity contribution < 1.29 is 8.78 Å². The Morgan fingerprint density at radius 3 is 2.65 bits per heavy atom. The van der Waals surface area contributed by atoms with Crippen LogP contribution in [0.3, 0.4) is 0 Å². The van der Waals surface area contributed by atoms with Gasteiger partial charge in [-0.25, -0.2) is 13.8 Å². The van der Waals surface area contributed by atoms with Crippen LogP contribution in [0.4, 0.5) is 8.78 Å². The van der Waals surface area contributed by atoms with Gasteiger partial charge in [-0.1, -0.05) is 17.7 Å². The Morgan fingerprint density at radius 2 is 1.90 bits per heavy atom. The lowest BCUT2D eigenvalue weighted by Crippen LogP contribution is -2.02. The lowest BCUT2D eigenvalue weighted by atomic mass is 10.2. The summed E-state index contributed by atoms with van der Waals surface area (Å²) in [5.74, 6) is -1.71. The van der Waals surface area contributed by atoms with E-state index in [1.165, 1.54) is 12.1 Å². The molecule has 4 nitrogen and oxygen atoms in total. The molecule has 2 heterocycles. The maximum absolute atomic E-state index is 13.9. The molecule has 1 aromatic carbocycles. The molecule has 0 N–H and O–H groups in total. The minimum atomic E-state index is -0.966. The van der Waals surface area contributed by atoms with Gasteiger partial charge < -0.3 is 0 Å². The molecule has 0 aliphatic rings. The predicted octanol–water partition coefficient (Wildman–Crippen LogP) is 3.34. The van der Waals surface area contributed by atoms with Crippen LogP contribution >= 0.6 is 11.6 Å². The first-order chi connectivity index (χ1) is 9.50. The molecule has 0 spiro atoms. The highest BCUT2D eigenvalue weighted by molar-refractivity contribution is 6.32. The summed E-state index contributed by atoms with van der Waals surface area (Å²) in [6.07, 6.45) is 0. The minimum Gasteiger partial charge on any atom is -0.275 e. The van der Waals surface area contributed by atoms with Gasteiger partial charge in [-0.15, -0.1) is 10.2 Å². The Morgan fingerprint density at radius 1 is 1.15 bits per heavy atom. The van der Waals surface area contributed by atoms with Crippen LogP contribution < -0.4 is 0 Å². The molecule has 2 aromatic heterocycles. The molecular weight excluding hydrogens is 286 g/mol. The van der Waals surface area contributed by atoms with Crippen LogP contribution in [0, 0.1) is 25.5 Å². The molecule has 0 fully saturated rings. The van der Waals surface area contributed by atoms with Crippen molar-refractivity contribution in [3.8, 4) is 11.4 Å². The van der Waals surface area contributed by atoms with Crippen molar-refractivity contribution in [1.29, 1.82) is 0 Å². The van der Waals surface area contributed by atoms with Gasteiger partial charge in [0.05, 0.1) is 11.3 Å². The zero-order valence-electron chi connectivity index (χ0n) is 10.7. The van der Waals surface area contributed by atoms with Crippen molar-refractivity contribution in [3.63, 3.8) is 0 Å². The van der Waals surface area contributed by atoms with Crippen LogP contribution in [0.5, 0.6) is 0 Å². The molecule has 0 unspecified atom stereocenters. The van der Waals surface area contributed by atoms with E-state index in [0.29, 0.717) is 17.0 Å². The van der Waals surface area contributed by atoms with E-state index >= 15 is 0 Å². The van der Waals surface area contributed by atoms with Crippen LogP contribution in [0.2, 0.25) is 5.15 Å². The molecule has 0 radical (unpaired) electrons. The number of hydrogen-bond donors (Lipinski definition) is 0. The second kappa shape index (κ2) is 4.49. The molecule has 0 amide bonds. The summed E-state index contributed by atoms with van der Waals surface area (Å²) in [7, 11) is 0. The normalized spacial score (nSPS) is 11.2. The number of hydrogen-bond acceptors (Lipinski definition) is 3. The maximum Gasteiger partial charge on any atom is 0.199 e. The third kappa shape index (κ3) is 1.76. The van der Waals surface area contributed by atoms with Crippen LogP contribution in [0.25, 0.3) is 17.0 Å². The van der Waals surface area contributed by atoms with E-state index in [1.807, 2.05) is 0 Å². The zero-order valence-corrected chi connectivity index (χ0v) is 11.4. The molecule has 20 heavy (non-hydrogen) atoms. The first-order valence-electron chi connectivity index (χ1n) is 5.83. The number of aryl methyl sites for hydroxylation is 2. The van der Waals surface area contributed by atoms with E-state index in [2.05, 4.69) is 15.2 Å². The molecule has 3 rings (SSSR count). The summed E-state index contributed by atoms with van der Waals surface area (Å²) in [5, 5.41) is 7.98. The Kier molecular flexibility index (Phi) is 2.90. The first-order valence-corrected chi connectivity index (χ1v) is 6.20. The molecule has 0 saturated carbocycles. The second-order valence-corrected chi connectivity index (χ2v) is 4.72. The van der Waals surface area contributed by atoms with E-state index in [-0.39, 0.29) is 16.5 Å². The molecule has 0 aliphatic carbocycles. The monoisotopic (exact) mass is 294 g/mol.